The van der Waals surface area contributed by atoms with Crippen LogP contribution < -0.4 is 15.6 Å². The van der Waals surface area contributed by atoms with Crippen LogP contribution >= 0.6 is 0 Å². The molecule has 0 spiro atoms. The molecule has 4 rings (SSSR count). The van der Waals surface area contributed by atoms with E-state index in [-0.39, 0.29) is 17.4 Å². The van der Waals surface area contributed by atoms with Crippen molar-refractivity contribution >= 4 is 42.3 Å². The van der Waals surface area contributed by atoms with Crippen LogP contribution in [0, 0.1) is 13.8 Å². The molecular formula is C36H44N4O7. The first-order valence-electron chi connectivity index (χ1n) is 15.0. The molecule has 2 amide bonds. The van der Waals surface area contributed by atoms with Gasteiger partial charge in [0.25, 0.3) is 0 Å². The molecule has 0 atom stereocenters. The van der Waals surface area contributed by atoms with Gasteiger partial charge in [0.1, 0.15) is 12.5 Å². The Morgan fingerprint density at radius 1 is 0.894 bits per heavy atom. The minimum absolute atomic E-state index is 0.123. The summed E-state index contributed by atoms with van der Waals surface area (Å²) in [5.41, 5.74) is 10.4. The van der Waals surface area contributed by atoms with E-state index in [9.17, 15) is 19.2 Å². The number of methoxy groups -OCH3 is 1. The Kier molecular flexibility index (Phi) is 17.9. The summed E-state index contributed by atoms with van der Waals surface area (Å²) in [6.45, 7) is 13.1. The second-order valence-corrected chi connectivity index (χ2v) is 10.2. The van der Waals surface area contributed by atoms with E-state index in [1.54, 1.807) is 12.1 Å². The maximum Gasteiger partial charge on any atom is 0.308 e. The molecule has 11 nitrogen and oxygen atoms in total. The topological polar surface area (TPSA) is 153 Å². The van der Waals surface area contributed by atoms with Gasteiger partial charge < -0.3 is 14.3 Å². The Morgan fingerprint density at radius 2 is 1.55 bits per heavy atom. The number of fused-ring (bicyclic) bond motifs is 1. The van der Waals surface area contributed by atoms with Gasteiger partial charge in [-0.3, -0.25) is 30.0 Å². The number of amides is 2. The Morgan fingerprint density at radius 3 is 2.06 bits per heavy atom. The van der Waals surface area contributed by atoms with Gasteiger partial charge in [-0.25, -0.2) is 0 Å². The largest absolute Gasteiger partial charge is 0.494 e. The molecule has 0 saturated carbocycles. The molecule has 0 fully saturated rings. The number of nitrogens with zero attached hydrogens (tertiary/aromatic N) is 2. The number of rotatable bonds is 10. The Bertz CT molecular complexity index is 1560. The highest BCUT2D eigenvalue weighted by atomic mass is 16.5. The van der Waals surface area contributed by atoms with Crippen LogP contribution in [0.15, 0.2) is 76.6 Å². The van der Waals surface area contributed by atoms with Gasteiger partial charge in [0, 0.05) is 25.0 Å². The maximum atomic E-state index is 13.0. The molecule has 47 heavy (non-hydrogen) atoms. The van der Waals surface area contributed by atoms with E-state index < -0.39 is 5.97 Å². The van der Waals surface area contributed by atoms with Crippen molar-refractivity contribution in [1.82, 2.24) is 10.9 Å². The average Bonchev–Trinajstić information content (AvgIpc) is 3.33. The molecular weight excluding hydrogens is 600 g/mol. The molecule has 1 aliphatic rings. The fourth-order valence-corrected chi connectivity index (χ4v) is 4.36. The van der Waals surface area contributed by atoms with E-state index in [4.69, 9.17) is 14.3 Å². The smallest absolute Gasteiger partial charge is 0.308 e. The monoisotopic (exact) mass is 644 g/mol. The van der Waals surface area contributed by atoms with Crippen LogP contribution in [-0.4, -0.2) is 38.0 Å². The molecule has 0 unspecified atom stereocenters. The number of hydrazine groups is 1. The van der Waals surface area contributed by atoms with E-state index in [1.807, 2.05) is 54.9 Å². The van der Waals surface area contributed by atoms with Crippen LogP contribution in [0.5, 0.6) is 5.75 Å². The molecule has 1 aliphatic carbocycles. The van der Waals surface area contributed by atoms with Gasteiger partial charge in [-0.1, -0.05) is 69.5 Å². The number of benzene rings is 3. The predicted molar refractivity (Wildman–Crippen MR) is 181 cm³/mol. The zero-order valence-electron chi connectivity index (χ0n) is 28.1. The lowest BCUT2D eigenvalue weighted by atomic mass is 9.96. The molecule has 3 aromatic carbocycles. The standard InChI is InChI=1S/C27H24N2O4.C5H12.C3H6N2O2.CH2O/c1-16-17(2)24(13-10-20(16)14-19-8-6-5-7-9-19)28-29-25-26(31)23-15-21(33-18(3)30)11-12-22(23)27(25)32-4;1-3-5-4-2;1-3(7)5-4-2-6;1-2/h5-13,15H,14H2,1-4H3;3-5H2,1-2H3;2H,1H3,(H,4,6)(H,5,7);1H2. The summed E-state index contributed by atoms with van der Waals surface area (Å²) in [5.74, 6) is -0.421. The van der Waals surface area contributed by atoms with E-state index >= 15 is 0 Å². The zero-order valence-corrected chi connectivity index (χ0v) is 28.1. The van der Waals surface area contributed by atoms with Crippen molar-refractivity contribution in [3.8, 4) is 5.75 Å². The van der Waals surface area contributed by atoms with Gasteiger partial charge in [0.2, 0.25) is 18.1 Å². The summed E-state index contributed by atoms with van der Waals surface area (Å²) in [6.07, 6.45) is 5.30. The second-order valence-electron chi connectivity index (χ2n) is 10.2. The first-order chi connectivity index (χ1) is 22.6. The second kappa shape index (κ2) is 21.3. The molecule has 0 aliphatic heterocycles. The number of allylic oxidation sites excluding steroid dienone is 1. The Hall–Kier alpha value is -5.45. The zero-order chi connectivity index (χ0) is 35.4. The quantitative estimate of drug-likeness (QED) is 0.0800. The number of hydrogen-bond acceptors (Lipinski definition) is 9. The average molecular weight is 645 g/mol. The lowest BCUT2D eigenvalue weighted by molar-refractivity contribution is -0.132. The van der Waals surface area contributed by atoms with E-state index in [0.717, 1.165) is 17.5 Å². The SMILES string of the molecule is C=O.CC(=O)NNC=O.CCCCC.COC1=C(N=Nc2ccc(Cc3ccccc3)c(C)c2C)C(=O)c2cc(OC(C)=O)ccc21. The van der Waals surface area contributed by atoms with Gasteiger partial charge in [-0.15, -0.1) is 5.11 Å². The highest BCUT2D eigenvalue weighted by molar-refractivity contribution is 6.19. The first-order valence-corrected chi connectivity index (χ1v) is 15.0. The Balaban J connectivity index is 0.000000667. The molecule has 0 bridgehead atoms. The fraction of sp³-hybridized carbons (Fsp3) is 0.306. The van der Waals surface area contributed by atoms with Gasteiger partial charge in [-0.2, -0.15) is 5.11 Å². The molecule has 250 valence electrons. The number of nitrogens with one attached hydrogen (secondary N) is 2. The third-order valence-electron chi connectivity index (χ3n) is 6.76. The van der Waals surface area contributed by atoms with E-state index in [0.29, 0.717) is 34.7 Å². The number of hydrogen-bond donors (Lipinski definition) is 2. The van der Waals surface area contributed by atoms with Gasteiger partial charge in [0.05, 0.1) is 12.8 Å². The van der Waals surface area contributed by atoms with Crippen molar-refractivity contribution in [2.45, 2.75) is 67.2 Å². The van der Waals surface area contributed by atoms with Crippen LogP contribution in [0.1, 0.15) is 85.1 Å². The van der Waals surface area contributed by atoms with Gasteiger partial charge in [-0.05, 0) is 66.8 Å². The van der Waals surface area contributed by atoms with Crippen LogP contribution in [-0.2, 0) is 30.3 Å². The van der Waals surface area contributed by atoms with Crippen LogP contribution in [0.3, 0.4) is 0 Å². The van der Waals surface area contributed by atoms with Crippen LogP contribution in [0.25, 0.3) is 5.76 Å². The summed E-state index contributed by atoms with van der Waals surface area (Å²) in [7, 11) is 1.49. The van der Waals surface area contributed by atoms with Crippen molar-refractivity contribution in [2.24, 2.45) is 10.2 Å². The molecule has 0 saturated heterocycles. The molecule has 2 N–H and O–H groups in total. The summed E-state index contributed by atoms with van der Waals surface area (Å²) < 4.78 is 10.6. The fourth-order valence-electron chi connectivity index (χ4n) is 4.36. The number of carbonyl (C=O) groups excluding carboxylic acids is 5. The lowest BCUT2D eigenvalue weighted by Crippen LogP contribution is -2.34. The van der Waals surface area contributed by atoms with Crippen molar-refractivity contribution < 1.29 is 33.4 Å². The molecule has 11 heteroatoms. The van der Waals surface area contributed by atoms with Gasteiger partial charge in [0.15, 0.2) is 11.5 Å². The maximum absolute atomic E-state index is 13.0. The minimum Gasteiger partial charge on any atom is -0.494 e. The highest BCUT2D eigenvalue weighted by Gasteiger charge is 2.32. The molecule has 0 heterocycles. The van der Waals surface area contributed by atoms with E-state index in [2.05, 4.69) is 43.1 Å². The number of unbranched alkanes of at least 4 members (excludes halogenated alkanes) is 2. The minimum atomic E-state index is -0.457. The summed E-state index contributed by atoms with van der Waals surface area (Å²) in [4.78, 5) is 51.5. The summed E-state index contributed by atoms with van der Waals surface area (Å²) >= 11 is 0. The van der Waals surface area contributed by atoms with Crippen LogP contribution in [0.2, 0.25) is 0 Å². The van der Waals surface area contributed by atoms with Crippen molar-refractivity contribution in [3.05, 3.63) is 99.7 Å². The first kappa shape index (κ1) is 39.6. The number of ketones is 1. The highest BCUT2D eigenvalue weighted by Crippen LogP contribution is 2.37. The number of esters is 1. The van der Waals surface area contributed by atoms with Gasteiger partial charge >= 0.3 is 5.97 Å². The lowest BCUT2D eigenvalue weighted by Gasteiger charge is -2.11. The third kappa shape index (κ3) is 12.5. The van der Waals surface area contributed by atoms with Crippen LogP contribution in [0.4, 0.5) is 5.69 Å². The Labute approximate surface area is 276 Å². The summed E-state index contributed by atoms with van der Waals surface area (Å²) in [5, 5.41) is 8.65. The normalized spacial score (nSPS) is 11.1. The number of carbonyl (C=O) groups is 5. The van der Waals surface area contributed by atoms with Crippen molar-refractivity contribution in [1.29, 1.82) is 0 Å². The number of azo groups is 1. The summed E-state index contributed by atoms with van der Waals surface area (Å²) in [6, 6.07) is 19.1. The molecule has 3 aromatic rings. The van der Waals surface area contributed by atoms with Crippen molar-refractivity contribution in [3.63, 3.8) is 0 Å². The number of ether oxygens (including phenoxy) is 2. The number of Topliss-reactive ketones (excluding diaryl/α,β-unsaturated/α-hetero) is 1. The molecule has 0 aromatic heterocycles. The predicted octanol–water partition coefficient (Wildman–Crippen LogP) is 6.91. The van der Waals surface area contributed by atoms with Crippen molar-refractivity contribution in [2.75, 3.05) is 7.11 Å². The molecule has 0 radical (unpaired) electrons. The third-order valence-corrected chi connectivity index (χ3v) is 6.76. The van der Waals surface area contributed by atoms with E-state index in [1.165, 1.54) is 57.4 Å².